The fraction of sp³-hybridized carbons (Fsp3) is 0.143. The van der Waals surface area contributed by atoms with Crippen molar-refractivity contribution in [1.29, 1.82) is 0 Å². The SMILES string of the molecule is COc1ccc(NS(=O)(=O)c2c(N)cccc2Cl)cc1C. The van der Waals surface area contributed by atoms with Crippen molar-refractivity contribution in [3.8, 4) is 5.75 Å². The molecular weight excluding hydrogens is 312 g/mol. The maximum atomic E-state index is 12.4. The molecule has 0 aliphatic carbocycles. The third-order valence-electron chi connectivity index (χ3n) is 2.91. The third kappa shape index (κ3) is 3.22. The average Bonchev–Trinajstić information content (AvgIpc) is 2.37. The lowest BCUT2D eigenvalue weighted by atomic mass is 10.2. The second-order valence-electron chi connectivity index (χ2n) is 4.45. The number of hydrogen-bond acceptors (Lipinski definition) is 4. The summed E-state index contributed by atoms with van der Waals surface area (Å²) in [6.07, 6.45) is 0. The first-order valence-electron chi connectivity index (χ1n) is 6.06. The highest BCUT2D eigenvalue weighted by atomic mass is 35.5. The molecule has 0 unspecified atom stereocenters. The largest absolute Gasteiger partial charge is 0.496 e. The van der Waals surface area contributed by atoms with E-state index in [1.165, 1.54) is 12.1 Å². The van der Waals surface area contributed by atoms with Gasteiger partial charge in [0.05, 0.1) is 17.8 Å². The number of sulfonamides is 1. The topological polar surface area (TPSA) is 81.4 Å². The minimum atomic E-state index is -3.86. The molecule has 0 spiro atoms. The van der Waals surface area contributed by atoms with Gasteiger partial charge in [0.2, 0.25) is 0 Å². The van der Waals surface area contributed by atoms with Crippen LogP contribution in [-0.2, 0) is 10.0 Å². The standard InChI is InChI=1S/C14H15ClN2O3S/c1-9-8-10(6-7-13(9)20-2)17-21(18,19)14-11(15)4-3-5-12(14)16/h3-8,17H,16H2,1-2H3. The van der Waals surface area contributed by atoms with Gasteiger partial charge in [0.15, 0.2) is 0 Å². The Bertz CT molecular complexity index is 756. The number of aryl methyl sites for hydroxylation is 1. The van der Waals surface area contributed by atoms with Gasteiger partial charge in [-0.1, -0.05) is 17.7 Å². The molecule has 0 fully saturated rings. The minimum Gasteiger partial charge on any atom is -0.496 e. The summed E-state index contributed by atoms with van der Waals surface area (Å²) in [7, 11) is -2.31. The van der Waals surface area contributed by atoms with E-state index in [2.05, 4.69) is 4.72 Å². The summed E-state index contributed by atoms with van der Waals surface area (Å²) in [6.45, 7) is 1.82. The second-order valence-corrected chi connectivity index (χ2v) is 6.47. The van der Waals surface area contributed by atoms with E-state index in [0.717, 1.165) is 5.56 Å². The van der Waals surface area contributed by atoms with E-state index in [9.17, 15) is 8.42 Å². The van der Waals surface area contributed by atoms with Crippen LogP contribution in [0, 0.1) is 6.92 Å². The molecule has 0 amide bonds. The molecule has 3 N–H and O–H groups in total. The summed E-state index contributed by atoms with van der Waals surface area (Å²) in [5.41, 5.74) is 7.03. The molecule has 0 heterocycles. The highest BCUT2D eigenvalue weighted by molar-refractivity contribution is 7.93. The first kappa shape index (κ1) is 15.5. The van der Waals surface area contributed by atoms with E-state index < -0.39 is 10.0 Å². The highest BCUT2D eigenvalue weighted by Crippen LogP contribution is 2.30. The molecule has 2 rings (SSSR count). The van der Waals surface area contributed by atoms with E-state index in [-0.39, 0.29) is 15.6 Å². The molecule has 0 atom stereocenters. The number of ether oxygens (including phenoxy) is 1. The molecule has 0 aliphatic heterocycles. The molecule has 0 bridgehead atoms. The number of halogens is 1. The van der Waals surface area contributed by atoms with Crippen molar-refractivity contribution in [2.45, 2.75) is 11.8 Å². The number of rotatable bonds is 4. The van der Waals surface area contributed by atoms with Gasteiger partial charge < -0.3 is 10.5 Å². The van der Waals surface area contributed by atoms with Crippen LogP contribution in [0.5, 0.6) is 5.75 Å². The molecule has 2 aromatic rings. The number of hydrogen-bond donors (Lipinski definition) is 2. The summed E-state index contributed by atoms with van der Waals surface area (Å²) < 4.78 is 32.4. The lowest BCUT2D eigenvalue weighted by molar-refractivity contribution is 0.412. The number of nitrogens with one attached hydrogen (secondary N) is 1. The van der Waals surface area contributed by atoms with Gasteiger partial charge in [-0.05, 0) is 42.8 Å². The van der Waals surface area contributed by atoms with E-state index in [4.69, 9.17) is 22.1 Å². The predicted octanol–water partition coefficient (Wildman–Crippen LogP) is 3.04. The number of methoxy groups -OCH3 is 1. The van der Waals surface area contributed by atoms with Crippen LogP contribution in [0.3, 0.4) is 0 Å². The molecule has 0 saturated carbocycles. The van der Waals surface area contributed by atoms with Crippen molar-refractivity contribution in [3.05, 3.63) is 47.0 Å². The summed E-state index contributed by atoms with van der Waals surface area (Å²) in [4.78, 5) is -0.125. The van der Waals surface area contributed by atoms with E-state index in [0.29, 0.717) is 11.4 Å². The van der Waals surface area contributed by atoms with Gasteiger partial charge in [-0.25, -0.2) is 8.42 Å². The molecular formula is C14H15ClN2O3S. The molecule has 0 radical (unpaired) electrons. The zero-order valence-electron chi connectivity index (χ0n) is 11.6. The van der Waals surface area contributed by atoms with Crippen LogP contribution >= 0.6 is 11.6 Å². The Morgan fingerprint density at radius 3 is 2.52 bits per heavy atom. The Balaban J connectivity index is 2.40. The fourth-order valence-corrected chi connectivity index (χ4v) is 3.69. The predicted molar refractivity (Wildman–Crippen MR) is 84.4 cm³/mol. The van der Waals surface area contributed by atoms with E-state index in [1.54, 1.807) is 31.4 Å². The number of anilines is 2. The van der Waals surface area contributed by atoms with Gasteiger partial charge in [0.1, 0.15) is 10.6 Å². The van der Waals surface area contributed by atoms with Crippen LogP contribution < -0.4 is 15.2 Å². The maximum Gasteiger partial charge on any atom is 0.265 e. The first-order valence-corrected chi connectivity index (χ1v) is 7.92. The summed E-state index contributed by atoms with van der Waals surface area (Å²) in [5, 5.41) is 0.0766. The monoisotopic (exact) mass is 326 g/mol. The molecule has 7 heteroatoms. The minimum absolute atomic E-state index is 0.0766. The van der Waals surface area contributed by atoms with Crippen LogP contribution in [0.25, 0.3) is 0 Å². The Morgan fingerprint density at radius 2 is 1.95 bits per heavy atom. The second kappa shape index (κ2) is 5.83. The van der Waals surface area contributed by atoms with Crippen molar-refractivity contribution >= 4 is 33.0 Å². The molecule has 0 aromatic heterocycles. The normalized spacial score (nSPS) is 11.2. The van der Waals surface area contributed by atoms with Crippen molar-refractivity contribution in [1.82, 2.24) is 0 Å². The maximum absolute atomic E-state index is 12.4. The molecule has 21 heavy (non-hydrogen) atoms. The summed E-state index contributed by atoms with van der Waals surface area (Å²) in [5.74, 6) is 0.676. The Hall–Kier alpha value is -1.92. The Kier molecular flexibility index (Phi) is 4.29. The number of nitrogens with two attached hydrogens (primary N) is 1. The zero-order chi connectivity index (χ0) is 15.6. The van der Waals surface area contributed by atoms with Gasteiger partial charge in [0.25, 0.3) is 10.0 Å². The van der Waals surface area contributed by atoms with Crippen LogP contribution in [0.15, 0.2) is 41.3 Å². The van der Waals surface area contributed by atoms with Crippen molar-refractivity contribution < 1.29 is 13.2 Å². The lowest BCUT2D eigenvalue weighted by Crippen LogP contribution is -2.15. The molecule has 0 aliphatic rings. The summed E-state index contributed by atoms with van der Waals surface area (Å²) >= 11 is 5.94. The molecule has 112 valence electrons. The van der Waals surface area contributed by atoms with E-state index in [1.807, 2.05) is 6.92 Å². The van der Waals surface area contributed by atoms with Crippen molar-refractivity contribution in [2.75, 3.05) is 17.6 Å². The van der Waals surface area contributed by atoms with Crippen molar-refractivity contribution in [2.24, 2.45) is 0 Å². The average molecular weight is 327 g/mol. The Labute approximate surface area is 128 Å². The van der Waals surface area contributed by atoms with Crippen LogP contribution in [0.1, 0.15) is 5.56 Å². The quantitative estimate of drug-likeness (QED) is 0.846. The smallest absolute Gasteiger partial charge is 0.265 e. The van der Waals surface area contributed by atoms with Gasteiger partial charge in [0, 0.05) is 5.69 Å². The first-order chi connectivity index (χ1) is 9.85. The Morgan fingerprint density at radius 1 is 1.24 bits per heavy atom. The zero-order valence-corrected chi connectivity index (χ0v) is 13.1. The van der Waals surface area contributed by atoms with Crippen LogP contribution in [0.2, 0.25) is 5.02 Å². The highest BCUT2D eigenvalue weighted by Gasteiger charge is 2.21. The van der Waals surface area contributed by atoms with Gasteiger partial charge in [-0.15, -0.1) is 0 Å². The van der Waals surface area contributed by atoms with Gasteiger partial charge in [-0.3, -0.25) is 4.72 Å². The van der Waals surface area contributed by atoms with Gasteiger partial charge in [-0.2, -0.15) is 0 Å². The van der Waals surface area contributed by atoms with Crippen LogP contribution in [0.4, 0.5) is 11.4 Å². The molecule has 2 aromatic carbocycles. The third-order valence-corrected chi connectivity index (χ3v) is 4.84. The van der Waals surface area contributed by atoms with Gasteiger partial charge >= 0.3 is 0 Å². The summed E-state index contributed by atoms with van der Waals surface area (Å²) in [6, 6.07) is 9.52. The molecule has 0 saturated heterocycles. The lowest BCUT2D eigenvalue weighted by Gasteiger charge is -2.13. The fourth-order valence-electron chi connectivity index (χ4n) is 1.96. The number of benzene rings is 2. The van der Waals surface area contributed by atoms with E-state index >= 15 is 0 Å². The number of nitrogen functional groups attached to an aromatic ring is 1. The van der Waals surface area contributed by atoms with Crippen molar-refractivity contribution in [3.63, 3.8) is 0 Å². The molecule has 5 nitrogen and oxygen atoms in total. The van der Waals surface area contributed by atoms with Crippen LogP contribution in [-0.4, -0.2) is 15.5 Å².